The second kappa shape index (κ2) is 6.85. The number of hydrogen-bond donors (Lipinski definition) is 1. The molecule has 0 spiro atoms. The number of benzene rings is 1. The summed E-state index contributed by atoms with van der Waals surface area (Å²) in [5.74, 6) is 1.25. The molecule has 1 aliphatic carbocycles. The summed E-state index contributed by atoms with van der Waals surface area (Å²) in [6, 6.07) is 6.44. The van der Waals surface area contributed by atoms with E-state index in [0.717, 1.165) is 35.0 Å². The average Bonchev–Trinajstić information content (AvgIpc) is 2.98. The minimum absolute atomic E-state index is 0.0618. The molecular weight excluding hydrogens is 370 g/mol. The van der Waals surface area contributed by atoms with Crippen LogP contribution in [0.4, 0.5) is 5.69 Å². The van der Waals surface area contributed by atoms with Gasteiger partial charge in [-0.15, -0.1) is 11.3 Å². The first-order chi connectivity index (χ1) is 12.5. The van der Waals surface area contributed by atoms with Crippen LogP contribution in [0.25, 0.3) is 10.2 Å². The molecule has 1 aliphatic rings. The van der Waals surface area contributed by atoms with Crippen molar-refractivity contribution < 1.29 is 4.92 Å². The van der Waals surface area contributed by atoms with Crippen molar-refractivity contribution in [1.29, 1.82) is 0 Å². The predicted molar refractivity (Wildman–Crippen MR) is 104 cm³/mol. The number of rotatable bonds is 4. The van der Waals surface area contributed by atoms with E-state index in [4.69, 9.17) is 0 Å². The third-order valence-corrected chi connectivity index (χ3v) is 6.76. The number of non-ortho nitro benzene ring substituents is 1. The van der Waals surface area contributed by atoms with Crippen LogP contribution in [0.1, 0.15) is 29.3 Å². The standard InChI is InChI=1S/C18H17N3O3S2/c1-10-2-7-13-14(8-10)26-17-15(13)16(22)19-18(20-17)25-9-11-3-5-12(6-4-11)21(23)24/h3-6,10H,2,7-9H2,1H3,(H,19,20,22)/t10-/m1/s1. The van der Waals surface area contributed by atoms with Gasteiger partial charge in [-0.05, 0) is 36.3 Å². The predicted octanol–water partition coefficient (Wildman–Crippen LogP) is 4.31. The van der Waals surface area contributed by atoms with Gasteiger partial charge in [0.15, 0.2) is 5.16 Å². The zero-order chi connectivity index (χ0) is 18.3. The van der Waals surface area contributed by atoms with Gasteiger partial charge in [-0.25, -0.2) is 4.98 Å². The molecule has 0 saturated heterocycles. The summed E-state index contributed by atoms with van der Waals surface area (Å²) < 4.78 is 0. The van der Waals surface area contributed by atoms with E-state index in [9.17, 15) is 14.9 Å². The zero-order valence-electron chi connectivity index (χ0n) is 14.2. The molecule has 2 aromatic heterocycles. The molecule has 134 valence electrons. The number of fused-ring (bicyclic) bond motifs is 3. The molecule has 1 atom stereocenters. The van der Waals surface area contributed by atoms with E-state index in [2.05, 4.69) is 16.9 Å². The molecule has 0 radical (unpaired) electrons. The summed E-state index contributed by atoms with van der Waals surface area (Å²) in [5, 5.41) is 12.1. The van der Waals surface area contributed by atoms with Crippen molar-refractivity contribution in [3.8, 4) is 0 Å². The summed E-state index contributed by atoms with van der Waals surface area (Å²) in [4.78, 5) is 32.5. The Morgan fingerprint density at radius 2 is 2.15 bits per heavy atom. The second-order valence-electron chi connectivity index (χ2n) is 6.62. The molecule has 2 heterocycles. The minimum atomic E-state index is -0.413. The van der Waals surface area contributed by atoms with Crippen molar-refractivity contribution >= 4 is 39.0 Å². The number of aromatic amines is 1. The molecular formula is C18H17N3O3S2. The Hall–Kier alpha value is -2.19. The lowest BCUT2D eigenvalue weighted by atomic mass is 9.89. The Kier molecular flexibility index (Phi) is 4.54. The van der Waals surface area contributed by atoms with E-state index in [1.54, 1.807) is 23.5 Å². The van der Waals surface area contributed by atoms with Crippen molar-refractivity contribution in [1.82, 2.24) is 9.97 Å². The lowest BCUT2D eigenvalue weighted by Crippen LogP contribution is -2.13. The topological polar surface area (TPSA) is 88.9 Å². The van der Waals surface area contributed by atoms with Gasteiger partial charge in [-0.1, -0.05) is 30.8 Å². The van der Waals surface area contributed by atoms with E-state index in [0.29, 0.717) is 16.8 Å². The molecule has 1 N–H and O–H groups in total. The van der Waals surface area contributed by atoms with Crippen LogP contribution >= 0.6 is 23.1 Å². The third-order valence-electron chi connectivity index (χ3n) is 4.67. The number of nitro groups is 1. The number of nitro benzene ring substituents is 1. The van der Waals surface area contributed by atoms with E-state index in [1.165, 1.54) is 34.3 Å². The third kappa shape index (κ3) is 3.26. The number of nitrogens with zero attached hydrogens (tertiary/aromatic N) is 2. The number of nitrogens with one attached hydrogen (secondary N) is 1. The van der Waals surface area contributed by atoms with Crippen LogP contribution in [0.5, 0.6) is 0 Å². The first-order valence-corrected chi connectivity index (χ1v) is 10.2. The van der Waals surface area contributed by atoms with Crippen molar-refractivity contribution in [3.05, 3.63) is 60.7 Å². The number of hydrogen-bond acceptors (Lipinski definition) is 6. The van der Waals surface area contributed by atoms with Crippen LogP contribution in [0.3, 0.4) is 0 Å². The summed E-state index contributed by atoms with van der Waals surface area (Å²) in [7, 11) is 0. The van der Waals surface area contributed by atoms with Gasteiger partial charge in [0.1, 0.15) is 4.83 Å². The Morgan fingerprint density at radius 3 is 2.88 bits per heavy atom. The van der Waals surface area contributed by atoms with Gasteiger partial charge in [0.05, 0.1) is 10.3 Å². The lowest BCUT2D eigenvalue weighted by Gasteiger charge is -2.17. The largest absolute Gasteiger partial charge is 0.301 e. The Morgan fingerprint density at radius 1 is 1.38 bits per heavy atom. The smallest absolute Gasteiger partial charge is 0.269 e. The van der Waals surface area contributed by atoms with Gasteiger partial charge < -0.3 is 4.98 Å². The van der Waals surface area contributed by atoms with Gasteiger partial charge in [0.25, 0.3) is 11.2 Å². The van der Waals surface area contributed by atoms with Crippen LogP contribution in [-0.4, -0.2) is 14.9 Å². The van der Waals surface area contributed by atoms with Gasteiger partial charge in [-0.2, -0.15) is 0 Å². The van der Waals surface area contributed by atoms with E-state index in [-0.39, 0.29) is 11.2 Å². The zero-order valence-corrected chi connectivity index (χ0v) is 15.8. The number of thioether (sulfide) groups is 1. The monoisotopic (exact) mass is 387 g/mol. The maximum atomic E-state index is 12.6. The number of thiophene rings is 1. The van der Waals surface area contributed by atoms with Crippen molar-refractivity contribution in [2.45, 2.75) is 37.1 Å². The van der Waals surface area contributed by atoms with Crippen molar-refractivity contribution in [3.63, 3.8) is 0 Å². The lowest BCUT2D eigenvalue weighted by molar-refractivity contribution is -0.384. The Bertz CT molecular complexity index is 1040. The van der Waals surface area contributed by atoms with Crippen molar-refractivity contribution in [2.24, 2.45) is 5.92 Å². The molecule has 0 fully saturated rings. The summed E-state index contributed by atoms with van der Waals surface area (Å²) >= 11 is 3.07. The normalized spacial score (nSPS) is 16.6. The van der Waals surface area contributed by atoms with Crippen LogP contribution < -0.4 is 5.56 Å². The Labute approximate surface area is 157 Å². The maximum Gasteiger partial charge on any atom is 0.269 e. The van der Waals surface area contributed by atoms with E-state index >= 15 is 0 Å². The summed E-state index contributed by atoms with van der Waals surface area (Å²) in [6.07, 6.45) is 3.10. The van der Waals surface area contributed by atoms with Crippen LogP contribution in [0.2, 0.25) is 0 Å². The quantitative estimate of drug-likeness (QED) is 0.312. The van der Waals surface area contributed by atoms with Gasteiger partial charge >= 0.3 is 0 Å². The molecule has 0 bridgehead atoms. The van der Waals surface area contributed by atoms with Crippen LogP contribution in [-0.2, 0) is 18.6 Å². The number of aryl methyl sites for hydroxylation is 1. The molecule has 1 aromatic carbocycles. The van der Waals surface area contributed by atoms with Crippen LogP contribution in [0, 0.1) is 16.0 Å². The molecule has 4 rings (SSSR count). The van der Waals surface area contributed by atoms with E-state index < -0.39 is 4.92 Å². The second-order valence-corrected chi connectivity index (χ2v) is 8.66. The highest BCUT2D eigenvalue weighted by molar-refractivity contribution is 7.98. The molecule has 0 aliphatic heterocycles. The molecule has 6 nitrogen and oxygen atoms in total. The number of H-pyrrole nitrogens is 1. The van der Waals surface area contributed by atoms with Gasteiger partial charge in [-0.3, -0.25) is 14.9 Å². The van der Waals surface area contributed by atoms with Gasteiger partial charge in [0.2, 0.25) is 0 Å². The first kappa shape index (κ1) is 17.2. The summed E-state index contributed by atoms with van der Waals surface area (Å²) in [5.41, 5.74) is 2.14. The first-order valence-electron chi connectivity index (χ1n) is 8.42. The maximum absolute atomic E-state index is 12.6. The fraction of sp³-hybridized carbons (Fsp3) is 0.333. The molecule has 0 saturated carbocycles. The Balaban J connectivity index is 1.57. The molecule has 8 heteroatoms. The average molecular weight is 387 g/mol. The summed E-state index contributed by atoms with van der Waals surface area (Å²) in [6.45, 7) is 2.25. The van der Waals surface area contributed by atoms with Gasteiger partial charge in [0, 0.05) is 22.8 Å². The van der Waals surface area contributed by atoms with E-state index in [1.807, 2.05) is 0 Å². The fourth-order valence-corrected chi connectivity index (χ4v) is 5.52. The SMILES string of the molecule is C[C@@H]1CCc2c(sc3nc(SCc4ccc([N+](=O)[O-])cc4)[nH]c(=O)c23)C1. The number of aromatic nitrogens is 2. The molecule has 3 aromatic rings. The fourth-order valence-electron chi connectivity index (χ4n) is 3.26. The molecule has 0 amide bonds. The van der Waals surface area contributed by atoms with Crippen molar-refractivity contribution in [2.75, 3.05) is 0 Å². The molecule has 0 unspecified atom stereocenters. The highest BCUT2D eigenvalue weighted by atomic mass is 32.2. The van der Waals surface area contributed by atoms with Crippen LogP contribution in [0.15, 0.2) is 34.2 Å². The minimum Gasteiger partial charge on any atom is -0.301 e. The highest BCUT2D eigenvalue weighted by Gasteiger charge is 2.23. The highest BCUT2D eigenvalue weighted by Crippen LogP contribution is 2.36. The molecule has 26 heavy (non-hydrogen) atoms.